The number of nitrogens with zero attached hydrogens (tertiary/aromatic N) is 1. The smallest absolute Gasteiger partial charge is 0.257 e. The molecule has 0 fully saturated rings. The number of halogens is 3. The fourth-order valence-electron chi connectivity index (χ4n) is 1.48. The first-order valence-electron chi connectivity index (χ1n) is 4.77. The van der Waals surface area contributed by atoms with Gasteiger partial charge in [-0.15, -0.1) is 0 Å². The van der Waals surface area contributed by atoms with E-state index in [1.807, 2.05) is 0 Å². The Morgan fingerprint density at radius 2 is 2.17 bits per heavy atom. The predicted molar refractivity (Wildman–Crippen MR) is 68.0 cm³/mol. The number of hydrogen-bond donors (Lipinski definition) is 2. The quantitative estimate of drug-likeness (QED) is 0.362. The van der Waals surface area contributed by atoms with Gasteiger partial charge in [0.15, 0.2) is 0 Å². The second-order valence-electron chi connectivity index (χ2n) is 3.51. The van der Waals surface area contributed by atoms with Crippen molar-refractivity contribution in [2.24, 2.45) is 5.16 Å². The summed E-state index contributed by atoms with van der Waals surface area (Å²) in [5.41, 5.74) is 0.820. The zero-order chi connectivity index (χ0) is 13.3. The lowest BCUT2D eigenvalue weighted by atomic mass is 10.1. The summed E-state index contributed by atoms with van der Waals surface area (Å²) >= 11 is 17.0. The number of rotatable bonds is 1. The van der Waals surface area contributed by atoms with E-state index < -0.39 is 15.9 Å². The van der Waals surface area contributed by atoms with Gasteiger partial charge in [-0.1, -0.05) is 40.0 Å². The van der Waals surface area contributed by atoms with Gasteiger partial charge in [0, 0.05) is 0 Å². The van der Waals surface area contributed by atoms with Gasteiger partial charge >= 0.3 is 0 Å². The molecule has 1 heterocycles. The highest BCUT2D eigenvalue weighted by atomic mass is 35.6. The SMILES string of the molecule is O=C1NC(C(Cl)(Cl)Cl)Oc2ccc(C=NO)cc21. The van der Waals surface area contributed by atoms with Crippen molar-refractivity contribution in [1.82, 2.24) is 5.32 Å². The van der Waals surface area contributed by atoms with Gasteiger partial charge in [0.2, 0.25) is 10.0 Å². The van der Waals surface area contributed by atoms with Gasteiger partial charge in [-0.05, 0) is 23.8 Å². The average Bonchev–Trinajstić information content (AvgIpc) is 2.29. The number of benzene rings is 1. The second kappa shape index (κ2) is 4.84. The van der Waals surface area contributed by atoms with E-state index in [2.05, 4.69) is 10.5 Å². The highest BCUT2D eigenvalue weighted by Gasteiger charge is 2.39. The van der Waals surface area contributed by atoms with Crippen molar-refractivity contribution in [3.63, 3.8) is 0 Å². The van der Waals surface area contributed by atoms with E-state index in [0.29, 0.717) is 11.3 Å². The molecule has 1 aromatic rings. The standard InChI is InChI=1S/C10H7Cl3N2O3/c11-10(12,13)9-15-8(16)6-3-5(4-14-17)1-2-7(6)18-9/h1-4,9,17H,(H,15,16). The number of amides is 1. The Balaban J connectivity index is 2.36. The van der Waals surface area contributed by atoms with E-state index in [0.717, 1.165) is 0 Å². The Morgan fingerprint density at radius 3 is 2.78 bits per heavy atom. The molecule has 1 aliphatic heterocycles. The molecule has 18 heavy (non-hydrogen) atoms. The first-order valence-corrected chi connectivity index (χ1v) is 5.91. The van der Waals surface area contributed by atoms with Crippen LogP contribution < -0.4 is 10.1 Å². The van der Waals surface area contributed by atoms with Crippen molar-refractivity contribution in [1.29, 1.82) is 0 Å². The molecule has 0 bridgehead atoms. The van der Waals surface area contributed by atoms with Crippen LogP contribution in [0, 0.1) is 0 Å². The molecular weight excluding hydrogens is 302 g/mol. The topological polar surface area (TPSA) is 70.9 Å². The highest BCUT2D eigenvalue weighted by molar-refractivity contribution is 6.68. The van der Waals surface area contributed by atoms with Crippen LogP contribution in [-0.4, -0.2) is 27.3 Å². The lowest BCUT2D eigenvalue weighted by Crippen LogP contribution is -2.50. The second-order valence-corrected chi connectivity index (χ2v) is 5.88. The Morgan fingerprint density at radius 1 is 1.44 bits per heavy atom. The number of carbonyl (C=O) groups excluding carboxylic acids is 1. The third-order valence-electron chi connectivity index (χ3n) is 2.26. The van der Waals surface area contributed by atoms with Crippen LogP contribution in [-0.2, 0) is 0 Å². The van der Waals surface area contributed by atoms with Gasteiger partial charge in [0.1, 0.15) is 5.75 Å². The molecule has 0 aromatic heterocycles. The van der Waals surface area contributed by atoms with Gasteiger partial charge in [-0.25, -0.2) is 0 Å². The monoisotopic (exact) mass is 308 g/mol. The molecule has 2 rings (SSSR count). The summed E-state index contributed by atoms with van der Waals surface area (Å²) in [6, 6.07) is 4.64. The molecule has 1 aliphatic rings. The number of alkyl halides is 3. The van der Waals surface area contributed by atoms with Crippen molar-refractivity contribution >= 4 is 46.9 Å². The lowest BCUT2D eigenvalue weighted by molar-refractivity contribution is 0.0763. The maximum absolute atomic E-state index is 11.8. The fraction of sp³-hybridized carbons (Fsp3) is 0.200. The van der Waals surface area contributed by atoms with Crippen LogP contribution in [0.2, 0.25) is 0 Å². The number of hydrogen-bond acceptors (Lipinski definition) is 4. The molecule has 1 atom stereocenters. The summed E-state index contributed by atoms with van der Waals surface area (Å²) < 4.78 is 3.60. The normalized spacial score (nSPS) is 19.3. The highest BCUT2D eigenvalue weighted by Crippen LogP contribution is 2.35. The number of fused-ring (bicyclic) bond motifs is 1. The maximum atomic E-state index is 11.8. The van der Waals surface area contributed by atoms with E-state index >= 15 is 0 Å². The minimum absolute atomic E-state index is 0.276. The fourth-order valence-corrected chi connectivity index (χ4v) is 1.77. The molecule has 1 unspecified atom stereocenters. The summed E-state index contributed by atoms with van der Waals surface area (Å²) in [7, 11) is 0. The molecule has 96 valence electrons. The van der Waals surface area contributed by atoms with Crippen LogP contribution in [0.3, 0.4) is 0 Å². The first-order chi connectivity index (χ1) is 8.41. The summed E-state index contributed by atoms with van der Waals surface area (Å²) in [5.74, 6) is -0.133. The van der Waals surface area contributed by atoms with Crippen molar-refractivity contribution in [2.75, 3.05) is 0 Å². The summed E-state index contributed by atoms with van der Waals surface area (Å²) in [6.45, 7) is 0. The molecule has 1 aromatic carbocycles. The summed E-state index contributed by atoms with van der Waals surface area (Å²) in [6.07, 6.45) is 0.133. The molecule has 0 spiro atoms. The molecule has 1 amide bonds. The molecule has 2 N–H and O–H groups in total. The van der Waals surface area contributed by atoms with E-state index in [9.17, 15) is 4.79 Å². The largest absolute Gasteiger partial charge is 0.465 e. The van der Waals surface area contributed by atoms with Crippen LogP contribution >= 0.6 is 34.8 Å². The zero-order valence-electron chi connectivity index (χ0n) is 8.73. The zero-order valence-corrected chi connectivity index (χ0v) is 11.0. The van der Waals surface area contributed by atoms with Gasteiger partial charge in [0.05, 0.1) is 11.8 Å². The van der Waals surface area contributed by atoms with E-state index in [4.69, 9.17) is 44.7 Å². The van der Waals surface area contributed by atoms with Crippen LogP contribution in [0.5, 0.6) is 5.75 Å². The van der Waals surface area contributed by atoms with Crippen molar-refractivity contribution in [3.8, 4) is 5.75 Å². The van der Waals surface area contributed by atoms with Crippen molar-refractivity contribution in [2.45, 2.75) is 10.0 Å². The van der Waals surface area contributed by atoms with Crippen LogP contribution in [0.1, 0.15) is 15.9 Å². The van der Waals surface area contributed by atoms with Gasteiger partial charge in [-0.3, -0.25) is 4.79 Å². The Hall–Kier alpha value is -1.17. The predicted octanol–water partition coefficient (Wildman–Crippen LogP) is 2.31. The van der Waals surface area contributed by atoms with E-state index in [1.165, 1.54) is 18.3 Å². The minimum Gasteiger partial charge on any atom is -0.465 e. The van der Waals surface area contributed by atoms with Crippen LogP contribution in [0.25, 0.3) is 0 Å². The molecule has 5 nitrogen and oxygen atoms in total. The number of nitrogens with one attached hydrogen (secondary N) is 1. The maximum Gasteiger partial charge on any atom is 0.257 e. The third-order valence-corrected chi connectivity index (χ3v) is 2.85. The first kappa shape index (κ1) is 13.3. The molecule has 0 saturated carbocycles. The number of ether oxygens (including phenoxy) is 1. The molecule has 8 heteroatoms. The Kier molecular flexibility index (Phi) is 3.56. The van der Waals surface area contributed by atoms with Gasteiger partial charge < -0.3 is 15.3 Å². The molecule has 0 saturated heterocycles. The molecular formula is C10H7Cl3N2O3. The Bertz CT molecular complexity index is 514. The van der Waals surface area contributed by atoms with Crippen LogP contribution in [0.4, 0.5) is 0 Å². The summed E-state index contributed by atoms with van der Waals surface area (Å²) in [5, 5.41) is 13.7. The molecule has 0 aliphatic carbocycles. The van der Waals surface area contributed by atoms with Gasteiger partial charge in [-0.2, -0.15) is 0 Å². The van der Waals surface area contributed by atoms with Crippen molar-refractivity contribution in [3.05, 3.63) is 29.3 Å². The van der Waals surface area contributed by atoms with Gasteiger partial charge in [0.25, 0.3) is 5.91 Å². The number of oxime groups is 1. The molecule has 0 radical (unpaired) electrons. The summed E-state index contributed by atoms with van der Waals surface area (Å²) in [4.78, 5) is 11.8. The van der Waals surface area contributed by atoms with E-state index in [1.54, 1.807) is 6.07 Å². The Labute approximate surface area is 117 Å². The van der Waals surface area contributed by atoms with Crippen LogP contribution in [0.15, 0.2) is 23.4 Å². The third kappa shape index (κ3) is 2.63. The minimum atomic E-state index is -1.77. The lowest BCUT2D eigenvalue weighted by Gasteiger charge is -2.31. The number of carbonyl (C=O) groups is 1. The average molecular weight is 310 g/mol. The van der Waals surface area contributed by atoms with E-state index in [-0.39, 0.29) is 5.56 Å². The van der Waals surface area contributed by atoms with Crippen molar-refractivity contribution < 1.29 is 14.7 Å².